The van der Waals surface area contributed by atoms with E-state index in [1.807, 2.05) is 6.92 Å². The van der Waals surface area contributed by atoms with E-state index in [-0.39, 0.29) is 0 Å². The Balaban J connectivity index is 0.000000371. The van der Waals surface area contributed by atoms with E-state index in [2.05, 4.69) is 4.98 Å². The highest BCUT2D eigenvalue weighted by atomic mass is 32.1. The van der Waals surface area contributed by atoms with Gasteiger partial charge in [-0.1, -0.05) is 0 Å². The van der Waals surface area contributed by atoms with Crippen LogP contribution in [0.1, 0.15) is 14.7 Å². The van der Waals surface area contributed by atoms with Crippen LogP contribution >= 0.6 is 11.3 Å². The van der Waals surface area contributed by atoms with Gasteiger partial charge in [-0.3, -0.25) is 4.79 Å². The molecule has 0 spiro atoms. The van der Waals surface area contributed by atoms with Crippen LogP contribution in [0.4, 0.5) is 0 Å². The lowest BCUT2D eigenvalue weighted by molar-refractivity contribution is 0.112. The molecule has 1 rings (SSSR count). The molecule has 4 heteroatoms. The summed E-state index contributed by atoms with van der Waals surface area (Å²) in [4.78, 5) is 14.8. The molecule has 1 aromatic rings. The largest absolute Gasteiger partial charge is 0.400 e. The Bertz CT molecular complexity index is 197. The van der Waals surface area contributed by atoms with Gasteiger partial charge in [-0.2, -0.15) is 0 Å². The van der Waals surface area contributed by atoms with Crippen molar-refractivity contribution in [3.63, 3.8) is 0 Å². The van der Waals surface area contributed by atoms with Crippen molar-refractivity contribution in [2.45, 2.75) is 6.92 Å². The fourth-order valence-electron chi connectivity index (χ4n) is 0.427. The molecule has 0 aliphatic rings. The van der Waals surface area contributed by atoms with Crippen LogP contribution in [0.3, 0.4) is 0 Å². The summed E-state index contributed by atoms with van der Waals surface area (Å²) in [6.45, 7) is 1.92. The van der Waals surface area contributed by atoms with Crippen LogP contribution in [-0.4, -0.2) is 23.5 Å². The number of aryl methyl sites for hydroxylation is 1. The molecule has 1 heterocycles. The van der Waals surface area contributed by atoms with Crippen LogP contribution in [0, 0.1) is 6.92 Å². The molecule has 0 saturated heterocycles. The van der Waals surface area contributed by atoms with Gasteiger partial charge in [-0.15, -0.1) is 11.3 Å². The van der Waals surface area contributed by atoms with E-state index in [1.165, 1.54) is 11.3 Å². The molecular formula is C6H9NO2S. The second-order valence-electron chi connectivity index (χ2n) is 1.43. The third-order valence-electron chi connectivity index (χ3n) is 0.740. The number of hydrogen-bond donors (Lipinski definition) is 1. The van der Waals surface area contributed by atoms with Crippen LogP contribution in [0.25, 0.3) is 0 Å². The van der Waals surface area contributed by atoms with Gasteiger partial charge >= 0.3 is 0 Å². The van der Waals surface area contributed by atoms with Crippen molar-refractivity contribution in [3.8, 4) is 0 Å². The molecular weight excluding hydrogens is 150 g/mol. The van der Waals surface area contributed by atoms with Crippen LogP contribution < -0.4 is 0 Å². The molecule has 0 fully saturated rings. The number of aliphatic hydroxyl groups is 1. The Hall–Kier alpha value is -0.740. The van der Waals surface area contributed by atoms with Crippen molar-refractivity contribution in [1.29, 1.82) is 0 Å². The summed E-state index contributed by atoms with van der Waals surface area (Å²) < 4.78 is 0. The van der Waals surface area contributed by atoms with E-state index in [9.17, 15) is 4.79 Å². The fourth-order valence-corrected chi connectivity index (χ4v) is 1.02. The summed E-state index contributed by atoms with van der Waals surface area (Å²) in [7, 11) is 1.00. The predicted octanol–water partition coefficient (Wildman–Crippen LogP) is 0.873. The number of carbonyl (C=O) groups excluding carboxylic acids is 1. The van der Waals surface area contributed by atoms with Crippen molar-refractivity contribution >= 4 is 17.6 Å². The van der Waals surface area contributed by atoms with Gasteiger partial charge in [0.2, 0.25) is 0 Å². The average molecular weight is 159 g/mol. The van der Waals surface area contributed by atoms with Gasteiger partial charge in [0.05, 0.1) is 0 Å². The Labute approximate surface area is 63.3 Å². The van der Waals surface area contributed by atoms with Crippen LogP contribution in [-0.2, 0) is 0 Å². The van der Waals surface area contributed by atoms with Crippen molar-refractivity contribution < 1.29 is 9.90 Å². The molecule has 1 aromatic heterocycles. The minimum atomic E-state index is 0.558. The van der Waals surface area contributed by atoms with E-state index in [4.69, 9.17) is 5.11 Å². The lowest BCUT2D eigenvalue weighted by atomic mass is 10.6. The standard InChI is InChI=1S/C5H5NOS.CH4O/c1-4-2-6-5(3-7)8-4;1-2/h2-3H,1H3;2H,1H3. The molecule has 10 heavy (non-hydrogen) atoms. The number of nitrogens with zero attached hydrogens (tertiary/aromatic N) is 1. The monoisotopic (exact) mass is 159 g/mol. The number of thiazole rings is 1. The highest BCUT2D eigenvalue weighted by Gasteiger charge is 1.91. The number of rotatable bonds is 1. The predicted molar refractivity (Wildman–Crippen MR) is 40.4 cm³/mol. The van der Waals surface area contributed by atoms with Crippen LogP contribution in [0.2, 0.25) is 0 Å². The number of hydrogen-bond acceptors (Lipinski definition) is 4. The van der Waals surface area contributed by atoms with Crippen LogP contribution in [0.15, 0.2) is 6.20 Å². The number of aromatic nitrogens is 1. The number of aldehydes is 1. The van der Waals surface area contributed by atoms with Gasteiger partial charge in [0.1, 0.15) is 0 Å². The third-order valence-corrected chi connectivity index (χ3v) is 1.58. The van der Waals surface area contributed by atoms with Gasteiger partial charge in [-0.05, 0) is 6.92 Å². The Kier molecular flexibility index (Phi) is 4.70. The summed E-state index contributed by atoms with van der Waals surface area (Å²) in [5.41, 5.74) is 0. The van der Waals surface area contributed by atoms with Crippen LogP contribution in [0.5, 0.6) is 0 Å². The lowest BCUT2D eigenvalue weighted by Gasteiger charge is -1.68. The molecule has 0 atom stereocenters. The van der Waals surface area contributed by atoms with E-state index in [0.717, 1.165) is 18.3 Å². The minimum Gasteiger partial charge on any atom is -0.400 e. The number of aliphatic hydroxyl groups excluding tert-OH is 1. The first kappa shape index (κ1) is 9.26. The SMILES string of the molecule is CO.Cc1cnc(C=O)s1. The maximum atomic E-state index is 9.97. The maximum absolute atomic E-state index is 9.97. The van der Waals surface area contributed by atoms with Crippen molar-refractivity contribution in [2.75, 3.05) is 7.11 Å². The summed E-state index contributed by atoms with van der Waals surface area (Å²) in [6.07, 6.45) is 2.45. The molecule has 0 saturated carbocycles. The van der Waals surface area contributed by atoms with Gasteiger partial charge in [-0.25, -0.2) is 4.98 Å². The van der Waals surface area contributed by atoms with Crippen molar-refractivity contribution in [3.05, 3.63) is 16.1 Å². The van der Waals surface area contributed by atoms with E-state index >= 15 is 0 Å². The van der Waals surface area contributed by atoms with Gasteiger partial charge in [0.25, 0.3) is 0 Å². The van der Waals surface area contributed by atoms with Gasteiger partial charge in [0.15, 0.2) is 11.3 Å². The second kappa shape index (κ2) is 5.08. The Morgan fingerprint density at radius 1 is 1.70 bits per heavy atom. The molecule has 1 N–H and O–H groups in total. The zero-order valence-electron chi connectivity index (χ0n) is 5.87. The van der Waals surface area contributed by atoms with Crippen molar-refractivity contribution in [1.82, 2.24) is 4.98 Å². The first-order valence-electron chi connectivity index (χ1n) is 2.65. The summed E-state index contributed by atoms with van der Waals surface area (Å²) in [5.74, 6) is 0. The Morgan fingerprint density at radius 2 is 2.30 bits per heavy atom. The molecule has 0 bridgehead atoms. The number of carbonyl (C=O) groups is 1. The Morgan fingerprint density at radius 3 is 2.50 bits per heavy atom. The highest BCUT2D eigenvalue weighted by molar-refractivity contribution is 7.13. The first-order chi connectivity index (χ1) is 4.83. The molecule has 0 radical (unpaired) electrons. The second-order valence-corrected chi connectivity index (χ2v) is 2.69. The molecule has 0 aromatic carbocycles. The molecule has 0 aliphatic heterocycles. The van der Waals surface area contributed by atoms with E-state index in [0.29, 0.717) is 5.01 Å². The maximum Gasteiger partial charge on any atom is 0.178 e. The zero-order chi connectivity index (χ0) is 7.98. The highest BCUT2D eigenvalue weighted by Crippen LogP contribution is 2.07. The lowest BCUT2D eigenvalue weighted by Crippen LogP contribution is -1.69. The first-order valence-corrected chi connectivity index (χ1v) is 3.47. The van der Waals surface area contributed by atoms with Gasteiger partial charge in [0, 0.05) is 18.2 Å². The smallest absolute Gasteiger partial charge is 0.178 e. The normalized spacial score (nSPS) is 7.90. The average Bonchev–Trinajstić information content (AvgIpc) is 2.40. The minimum absolute atomic E-state index is 0.558. The molecule has 56 valence electrons. The summed E-state index contributed by atoms with van der Waals surface area (Å²) >= 11 is 1.41. The molecule has 0 unspecified atom stereocenters. The zero-order valence-corrected chi connectivity index (χ0v) is 6.68. The molecule has 3 nitrogen and oxygen atoms in total. The molecule has 0 amide bonds. The fraction of sp³-hybridized carbons (Fsp3) is 0.333. The summed E-state index contributed by atoms with van der Waals surface area (Å²) in [5, 5.41) is 7.56. The van der Waals surface area contributed by atoms with Crippen molar-refractivity contribution in [2.24, 2.45) is 0 Å². The topological polar surface area (TPSA) is 50.2 Å². The molecule has 0 aliphatic carbocycles. The van der Waals surface area contributed by atoms with E-state index < -0.39 is 0 Å². The van der Waals surface area contributed by atoms with Gasteiger partial charge < -0.3 is 5.11 Å². The quantitative estimate of drug-likeness (QED) is 0.618. The summed E-state index contributed by atoms with van der Waals surface area (Å²) in [6, 6.07) is 0. The van der Waals surface area contributed by atoms with E-state index in [1.54, 1.807) is 6.20 Å². The third kappa shape index (κ3) is 2.70.